The van der Waals surface area contributed by atoms with Crippen molar-refractivity contribution in [1.82, 2.24) is 5.32 Å². The molecule has 0 aliphatic carbocycles. The van der Waals surface area contributed by atoms with Gasteiger partial charge < -0.3 is 45.1 Å². The number of hydrogen-bond acceptors (Lipinski definition) is 10. The van der Waals surface area contributed by atoms with Gasteiger partial charge in [0.15, 0.2) is 12.4 Å². The first kappa shape index (κ1) is 89.6. The summed E-state index contributed by atoms with van der Waals surface area (Å²) in [5.41, 5.74) is 0. The monoisotopic (exact) mass is 1330 g/mol. The molecular formula is C84H149NO10. The van der Waals surface area contributed by atoms with Gasteiger partial charge in [-0.2, -0.15) is 0 Å². The third-order valence-electron chi connectivity index (χ3n) is 18.5. The molecule has 0 saturated carbocycles. The van der Waals surface area contributed by atoms with Gasteiger partial charge in [-0.15, -0.1) is 0 Å². The van der Waals surface area contributed by atoms with Crippen LogP contribution in [0.1, 0.15) is 361 Å². The Hall–Kier alpha value is -3.42. The maximum atomic E-state index is 13.5. The summed E-state index contributed by atoms with van der Waals surface area (Å²) in [6.45, 7) is 5.72. The Labute approximate surface area is 584 Å². The Kier molecular flexibility index (Phi) is 66.4. The number of carbonyl (C=O) groups is 2. The molecule has 11 heteroatoms. The molecule has 1 aliphatic rings. The first-order valence-electron chi connectivity index (χ1n) is 40.0. The van der Waals surface area contributed by atoms with E-state index in [2.05, 4.69) is 111 Å². The molecule has 550 valence electrons. The molecule has 1 amide bonds. The molecule has 8 unspecified atom stereocenters. The van der Waals surface area contributed by atoms with E-state index in [1.54, 1.807) is 6.08 Å². The van der Waals surface area contributed by atoms with Crippen LogP contribution in [0.15, 0.2) is 97.2 Å². The zero-order valence-corrected chi connectivity index (χ0v) is 61.5. The van der Waals surface area contributed by atoms with Gasteiger partial charge in [-0.3, -0.25) is 9.59 Å². The summed E-state index contributed by atoms with van der Waals surface area (Å²) in [6.07, 6.45) is 86.0. The van der Waals surface area contributed by atoms with Gasteiger partial charge in [0.05, 0.1) is 25.4 Å². The van der Waals surface area contributed by atoms with Crippen LogP contribution in [-0.2, 0) is 23.8 Å². The lowest BCUT2D eigenvalue weighted by atomic mass is 9.99. The van der Waals surface area contributed by atoms with E-state index in [1.165, 1.54) is 199 Å². The Morgan fingerprint density at radius 2 is 0.758 bits per heavy atom. The van der Waals surface area contributed by atoms with Gasteiger partial charge in [0.25, 0.3) is 0 Å². The molecule has 6 N–H and O–H groups in total. The number of allylic oxidation sites excluding steroid dienone is 15. The second-order valence-electron chi connectivity index (χ2n) is 27.4. The number of hydrogen-bond donors (Lipinski definition) is 6. The fourth-order valence-corrected chi connectivity index (χ4v) is 12.2. The van der Waals surface area contributed by atoms with Gasteiger partial charge in [0, 0.05) is 6.42 Å². The summed E-state index contributed by atoms with van der Waals surface area (Å²) in [4.78, 5) is 26.8. The van der Waals surface area contributed by atoms with Crippen LogP contribution in [0.3, 0.4) is 0 Å². The third-order valence-corrected chi connectivity index (χ3v) is 18.5. The summed E-state index contributed by atoms with van der Waals surface area (Å²) < 4.78 is 17.8. The summed E-state index contributed by atoms with van der Waals surface area (Å²) in [6, 6.07) is -1.04. The maximum absolute atomic E-state index is 13.5. The Bertz CT molecular complexity index is 1920. The summed E-state index contributed by atoms with van der Waals surface area (Å²) in [5.74, 6) is -1.19. The van der Waals surface area contributed by atoms with Crippen LogP contribution in [0.25, 0.3) is 0 Å². The maximum Gasteiger partial charge on any atom is 0.306 e. The first-order chi connectivity index (χ1) is 46.7. The number of aliphatic hydroxyl groups is 5. The predicted octanol–water partition coefficient (Wildman–Crippen LogP) is 21.7. The van der Waals surface area contributed by atoms with Crippen LogP contribution < -0.4 is 5.32 Å². The number of unbranched alkanes of at least 4 members (excludes halogenated alkanes) is 41. The lowest BCUT2D eigenvalue weighted by Crippen LogP contribution is -2.61. The van der Waals surface area contributed by atoms with Gasteiger partial charge in [-0.1, -0.05) is 349 Å². The molecule has 0 spiro atoms. The van der Waals surface area contributed by atoms with Gasteiger partial charge in [0.2, 0.25) is 5.91 Å². The van der Waals surface area contributed by atoms with Crippen LogP contribution in [-0.4, -0.2) is 99.6 Å². The SMILES string of the molecule is CC/C=C\C/C=C\C/C=C\C/C=C\C/C=C\C/C=C\CCCCCCCCCC(O)C(=O)NC(COC1OC(CO)C(O)C(O)C1OC(=O)CCCCCCCCCCCCCCCCCCC/C=C/CCCCCCCC)C(O)/C=C/CCCCCCCCCCCCC. The summed E-state index contributed by atoms with van der Waals surface area (Å²) >= 11 is 0. The Morgan fingerprint density at radius 3 is 1.15 bits per heavy atom. The van der Waals surface area contributed by atoms with Crippen molar-refractivity contribution >= 4 is 11.9 Å². The van der Waals surface area contributed by atoms with Gasteiger partial charge in [0.1, 0.15) is 24.4 Å². The Balaban J connectivity index is 2.52. The molecule has 11 nitrogen and oxygen atoms in total. The largest absolute Gasteiger partial charge is 0.454 e. The summed E-state index contributed by atoms with van der Waals surface area (Å²) in [5, 5.41) is 57.5. The molecule has 8 atom stereocenters. The molecule has 1 aliphatic heterocycles. The van der Waals surface area contributed by atoms with E-state index in [0.29, 0.717) is 12.8 Å². The molecule has 1 rings (SSSR count). The minimum atomic E-state index is -1.62. The number of nitrogens with one attached hydrogen (secondary N) is 1. The first-order valence-corrected chi connectivity index (χ1v) is 40.0. The van der Waals surface area contributed by atoms with Crippen molar-refractivity contribution < 1.29 is 49.3 Å². The molecule has 1 saturated heterocycles. The summed E-state index contributed by atoms with van der Waals surface area (Å²) in [7, 11) is 0. The van der Waals surface area contributed by atoms with Gasteiger partial charge in [-0.25, -0.2) is 0 Å². The molecule has 95 heavy (non-hydrogen) atoms. The van der Waals surface area contributed by atoms with Crippen molar-refractivity contribution in [1.29, 1.82) is 0 Å². The van der Waals surface area contributed by atoms with Crippen LogP contribution in [0.5, 0.6) is 0 Å². The average molecular weight is 1330 g/mol. The topological polar surface area (TPSA) is 175 Å². The lowest BCUT2D eigenvalue weighted by molar-refractivity contribution is -0.305. The number of carbonyl (C=O) groups excluding carboxylic acids is 2. The zero-order chi connectivity index (χ0) is 68.8. The van der Waals surface area contributed by atoms with Gasteiger partial charge >= 0.3 is 5.97 Å². The van der Waals surface area contributed by atoms with E-state index < -0.39 is 67.4 Å². The van der Waals surface area contributed by atoms with Crippen molar-refractivity contribution in [2.24, 2.45) is 0 Å². The van der Waals surface area contributed by atoms with E-state index in [1.807, 2.05) is 6.08 Å². The number of aliphatic hydroxyl groups excluding tert-OH is 5. The predicted molar refractivity (Wildman–Crippen MR) is 402 cm³/mol. The molecule has 0 aromatic carbocycles. The number of ether oxygens (including phenoxy) is 3. The van der Waals surface area contributed by atoms with Crippen LogP contribution >= 0.6 is 0 Å². The highest BCUT2D eigenvalue weighted by Gasteiger charge is 2.47. The molecule has 0 radical (unpaired) electrons. The third kappa shape index (κ3) is 57.1. The molecule has 0 aromatic heterocycles. The van der Waals surface area contributed by atoms with E-state index in [4.69, 9.17) is 14.2 Å². The minimum absolute atomic E-state index is 0.122. The molecule has 0 bridgehead atoms. The van der Waals surface area contributed by atoms with E-state index >= 15 is 0 Å². The van der Waals surface area contributed by atoms with Crippen molar-refractivity contribution in [2.75, 3.05) is 13.2 Å². The molecule has 0 aromatic rings. The lowest BCUT2D eigenvalue weighted by Gasteiger charge is -2.41. The quantitative estimate of drug-likeness (QED) is 0.0195. The number of amides is 1. The van der Waals surface area contributed by atoms with Crippen LogP contribution in [0.4, 0.5) is 0 Å². The highest BCUT2D eigenvalue weighted by atomic mass is 16.7. The van der Waals surface area contributed by atoms with Crippen molar-refractivity contribution in [3.63, 3.8) is 0 Å². The Morgan fingerprint density at radius 1 is 0.421 bits per heavy atom. The molecular weight excluding hydrogens is 1180 g/mol. The van der Waals surface area contributed by atoms with E-state index in [0.717, 1.165) is 116 Å². The van der Waals surface area contributed by atoms with Crippen LogP contribution in [0, 0.1) is 0 Å². The fraction of sp³-hybridized carbons (Fsp3) is 0.786. The van der Waals surface area contributed by atoms with E-state index in [-0.39, 0.29) is 19.4 Å². The highest BCUT2D eigenvalue weighted by Crippen LogP contribution is 2.27. The second kappa shape index (κ2) is 70.4. The minimum Gasteiger partial charge on any atom is -0.454 e. The standard InChI is InChI=1S/C84H149NO10/c1-4-7-10-13-16-19-22-25-27-29-31-33-35-37-39-41-43-45-47-49-51-54-57-60-63-66-69-72-79(89)95-82-81(91)80(90)78(73-86)94-84(82)93-74-75(76(87)70-67-64-61-58-55-52-24-21-18-15-12-9-6-3)85-83(92)77(88)71-68-65-62-59-56-53-50-48-46-44-42-40-38-36-34-32-30-28-26-23-20-17-14-11-8-5-2/h8,11,17,20,25-28,32,34,38,40,44,46,67,70,75-78,80-82,84,86-88,90-91H,4-7,9-10,12-16,18-19,21-24,29-31,33,35-37,39,41-43,45,47-66,68-69,71-74H2,1-3H3,(H,85,92)/b11-8-,20-17-,27-25+,28-26-,34-32-,40-38-,46-44-,70-67+. The van der Waals surface area contributed by atoms with Gasteiger partial charge in [-0.05, 0) is 103 Å². The van der Waals surface area contributed by atoms with Crippen LogP contribution in [0.2, 0.25) is 0 Å². The molecule has 1 fully saturated rings. The highest BCUT2D eigenvalue weighted by molar-refractivity contribution is 5.80. The fourth-order valence-electron chi connectivity index (χ4n) is 12.2. The van der Waals surface area contributed by atoms with Crippen molar-refractivity contribution in [3.05, 3.63) is 97.2 Å². The average Bonchev–Trinajstić information content (AvgIpc) is 0.829. The molecule has 1 heterocycles. The van der Waals surface area contributed by atoms with E-state index in [9.17, 15) is 35.1 Å². The second-order valence-corrected chi connectivity index (χ2v) is 27.4. The smallest absolute Gasteiger partial charge is 0.306 e. The zero-order valence-electron chi connectivity index (χ0n) is 61.5. The normalized spacial score (nSPS) is 18.3. The van der Waals surface area contributed by atoms with Crippen molar-refractivity contribution in [2.45, 2.75) is 410 Å². The number of esters is 1. The number of rotatable bonds is 69. The van der Waals surface area contributed by atoms with Crippen molar-refractivity contribution in [3.8, 4) is 0 Å².